The number of pyridine rings is 1. The van der Waals surface area contributed by atoms with Gasteiger partial charge in [-0.15, -0.1) is 0 Å². The van der Waals surface area contributed by atoms with E-state index in [1.807, 2.05) is 0 Å². The Morgan fingerprint density at radius 3 is 2.72 bits per heavy atom. The van der Waals surface area contributed by atoms with Crippen molar-refractivity contribution in [1.82, 2.24) is 24.4 Å². The number of hydrogen-bond donors (Lipinski definition) is 1. The maximum absolute atomic E-state index is 15.5. The number of ether oxygens (including phenoxy) is 2. The average Bonchev–Trinajstić information content (AvgIpc) is 3.50. The number of anilines is 1. The molecule has 0 radical (unpaired) electrons. The van der Waals surface area contributed by atoms with E-state index < -0.39 is 23.6 Å². The minimum atomic E-state index is -0.933. The second kappa shape index (κ2) is 8.91. The number of carbonyl (C=O) groups is 2. The molecule has 1 fully saturated rings. The molecule has 1 aliphatic rings. The van der Waals surface area contributed by atoms with E-state index in [9.17, 15) is 14.0 Å². The summed E-state index contributed by atoms with van der Waals surface area (Å²) in [5.41, 5.74) is -0.223. The maximum Gasteiger partial charge on any atom is 0.409 e. The number of halogens is 2. The third kappa shape index (κ3) is 3.87. The summed E-state index contributed by atoms with van der Waals surface area (Å²) in [6.45, 7) is 1.96. The molecule has 2 amide bonds. The molecule has 1 aliphatic heterocycles. The molecule has 5 rings (SSSR count). The van der Waals surface area contributed by atoms with Gasteiger partial charge in [0.1, 0.15) is 22.9 Å². The van der Waals surface area contributed by atoms with Crippen LogP contribution in [0.1, 0.15) is 27.8 Å². The van der Waals surface area contributed by atoms with E-state index in [0.29, 0.717) is 24.5 Å². The van der Waals surface area contributed by atoms with E-state index in [2.05, 4.69) is 25.2 Å². The Morgan fingerprint density at radius 1 is 1.22 bits per heavy atom. The smallest absolute Gasteiger partial charge is 0.409 e. The molecule has 1 aromatic carbocycles. The van der Waals surface area contributed by atoms with Crippen molar-refractivity contribution in [3.63, 3.8) is 0 Å². The van der Waals surface area contributed by atoms with Crippen LogP contribution in [0, 0.1) is 18.6 Å². The lowest BCUT2D eigenvalue weighted by Gasteiger charge is -2.35. The zero-order chi connectivity index (χ0) is 25.6. The van der Waals surface area contributed by atoms with Gasteiger partial charge in [0.2, 0.25) is 0 Å². The quantitative estimate of drug-likeness (QED) is 0.444. The van der Waals surface area contributed by atoms with Gasteiger partial charge in [-0.1, -0.05) is 5.16 Å². The number of nitrogens with one attached hydrogen (secondary N) is 1. The highest BCUT2D eigenvalue weighted by atomic mass is 19.1. The lowest BCUT2D eigenvalue weighted by molar-refractivity contribution is 0.0857. The van der Waals surface area contributed by atoms with Gasteiger partial charge < -0.3 is 24.2 Å². The number of hydrogen-bond acceptors (Lipinski definition) is 8. The largest absolute Gasteiger partial charge is 0.497 e. The first-order valence-corrected chi connectivity index (χ1v) is 10.8. The highest BCUT2D eigenvalue weighted by Crippen LogP contribution is 2.34. The van der Waals surface area contributed by atoms with Gasteiger partial charge in [-0.2, -0.15) is 4.98 Å². The van der Waals surface area contributed by atoms with Crippen LogP contribution in [0.15, 0.2) is 35.1 Å². The average molecular weight is 498 g/mol. The molecular formula is C23H20F2N6O5. The van der Waals surface area contributed by atoms with Gasteiger partial charge in [0.05, 0.1) is 37.6 Å². The number of fused-ring (bicyclic) bond motifs is 1. The van der Waals surface area contributed by atoms with E-state index in [-0.39, 0.29) is 40.1 Å². The Morgan fingerprint density at radius 2 is 2.00 bits per heavy atom. The summed E-state index contributed by atoms with van der Waals surface area (Å²) in [5.74, 6) is -2.09. The molecule has 1 saturated heterocycles. The van der Waals surface area contributed by atoms with Crippen LogP contribution >= 0.6 is 0 Å². The number of carbonyl (C=O) groups excluding carboxylic acids is 2. The minimum absolute atomic E-state index is 0.104. The molecule has 1 N–H and O–H groups in total. The molecular weight excluding hydrogens is 478 g/mol. The number of benzene rings is 1. The number of rotatable bonds is 5. The number of amides is 2. The monoisotopic (exact) mass is 498 g/mol. The van der Waals surface area contributed by atoms with Crippen LogP contribution in [-0.4, -0.2) is 63.7 Å². The molecule has 186 valence electrons. The van der Waals surface area contributed by atoms with Crippen LogP contribution in [0.25, 0.3) is 17.1 Å². The van der Waals surface area contributed by atoms with Crippen LogP contribution < -0.4 is 10.1 Å². The van der Waals surface area contributed by atoms with Gasteiger partial charge in [-0.05, 0) is 19.1 Å². The van der Waals surface area contributed by atoms with E-state index in [4.69, 9.17) is 9.26 Å². The van der Waals surface area contributed by atoms with Crippen molar-refractivity contribution in [2.24, 2.45) is 0 Å². The Labute approximate surface area is 202 Å². The summed E-state index contributed by atoms with van der Waals surface area (Å²) in [5, 5.41) is 6.28. The van der Waals surface area contributed by atoms with Crippen LogP contribution in [0.5, 0.6) is 5.75 Å². The standard InChI is InChI=1S/C23H20F2N6O5/c1-11-15(24)7-14(22-28-20(29-36-22)12-9-30(10-12)23(33)35-3)18(25)19(11)27-21(32)16-8-26-17-6-13(34-2)4-5-31(16)17/h4-8,12H,9-10H2,1-3H3,(H,27,32). The molecule has 0 spiro atoms. The van der Waals surface area contributed by atoms with E-state index >= 15 is 4.39 Å². The number of aromatic nitrogens is 4. The van der Waals surface area contributed by atoms with Crippen molar-refractivity contribution in [3.05, 3.63) is 59.3 Å². The lowest BCUT2D eigenvalue weighted by atomic mass is 10.0. The third-order valence-corrected chi connectivity index (χ3v) is 6.00. The van der Waals surface area contributed by atoms with Gasteiger partial charge in [0.25, 0.3) is 11.8 Å². The number of methoxy groups -OCH3 is 2. The fourth-order valence-electron chi connectivity index (χ4n) is 3.89. The van der Waals surface area contributed by atoms with Crippen molar-refractivity contribution in [3.8, 4) is 17.2 Å². The van der Waals surface area contributed by atoms with E-state index in [1.165, 1.54) is 36.6 Å². The van der Waals surface area contributed by atoms with Gasteiger partial charge in [-0.25, -0.2) is 18.6 Å². The first-order valence-electron chi connectivity index (χ1n) is 10.8. The van der Waals surface area contributed by atoms with E-state index in [1.54, 1.807) is 18.3 Å². The van der Waals surface area contributed by atoms with Gasteiger partial charge in [0.15, 0.2) is 11.6 Å². The highest BCUT2D eigenvalue weighted by Gasteiger charge is 2.36. The SMILES string of the molecule is COC(=O)N1CC(c2noc(-c3cc(F)c(C)c(NC(=O)c4cnc5cc(OC)ccn45)c3F)n2)C1. The van der Waals surface area contributed by atoms with E-state index in [0.717, 1.165) is 6.07 Å². The second-order valence-electron chi connectivity index (χ2n) is 8.14. The molecule has 3 aromatic heterocycles. The first kappa shape index (κ1) is 23.2. The topological polar surface area (TPSA) is 124 Å². The Balaban J connectivity index is 1.42. The van der Waals surface area contributed by atoms with Crippen LogP contribution in [-0.2, 0) is 4.74 Å². The van der Waals surface area contributed by atoms with Gasteiger partial charge >= 0.3 is 6.09 Å². The summed E-state index contributed by atoms with van der Waals surface area (Å²) in [6.07, 6.45) is 2.42. The fraction of sp³-hybridized carbons (Fsp3) is 0.261. The van der Waals surface area contributed by atoms with Crippen molar-refractivity contribution in [2.75, 3.05) is 32.6 Å². The summed E-state index contributed by atoms with van der Waals surface area (Å²) in [4.78, 5) is 34.3. The predicted molar refractivity (Wildman–Crippen MR) is 121 cm³/mol. The van der Waals surface area contributed by atoms with Crippen molar-refractivity contribution < 1.29 is 32.4 Å². The summed E-state index contributed by atoms with van der Waals surface area (Å²) in [7, 11) is 2.78. The summed E-state index contributed by atoms with van der Waals surface area (Å²) >= 11 is 0. The maximum atomic E-state index is 15.5. The zero-order valence-electron chi connectivity index (χ0n) is 19.4. The molecule has 0 aliphatic carbocycles. The number of nitrogens with zero attached hydrogens (tertiary/aromatic N) is 5. The summed E-state index contributed by atoms with van der Waals surface area (Å²) in [6, 6.07) is 4.19. The van der Waals surface area contributed by atoms with Crippen molar-refractivity contribution >= 4 is 23.3 Å². The molecule has 4 heterocycles. The lowest BCUT2D eigenvalue weighted by Crippen LogP contribution is -2.48. The van der Waals surface area contributed by atoms with Crippen LogP contribution in [0.2, 0.25) is 0 Å². The molecule has 11 nitrogen and oxygen atoms in total. The zero-order valence-corrected chi connectivity index (χ0v) is 19.4. The predicted octanol–water partition coefficient (Wildman–Crippen LogP) is 3.40. The second-order valence-corrected chi connectivity index (χ2v) is 8.14. The fourth-order valence-corrected chi connectivity index (χ4v) is 3.89. The summed E-state index contributed by atoms with van der Waals surface area (Å²) < 4.78 is 46.7. The van der Waals surface area contributed by atoms with Crippen molar-refractivity contribution in [2.45, 2.75) is 12.8 Å². The number of likely N-dealkylation sites (tertiary alicyclic amines) is 1. The molecule has 0 unspecified atom stereocenters. The molecule has 0 atom stereocenters. The molecule has 36 heavy (non-hydrogen) atoms. The first-order chi connectivity index (χ1) is 17.3. The molecule has 0 bridgehead atoms. The molecule has 0 saturated carbocycles. The Hall–Kier alpha value is -4.55. The van der Waals surface area contributed by atoms with Gasteiger partial charge in [0, 0.05) is 30.9 Å². The van der Waals surface area contributed by atoms with Crippen molar-refractivity contribution in [1.29, 1.82) is 0 Å². The van der Waals surface area contributed by atoms with Crippen LogP contribution in [0.4, 0.5) is 19.3 Å². The van der Waals surface area contributed by atoms with Crippen LogP contribution in [0.3, 0.4) is 0 Å². The number of imidazole rings is 1. The normalized spacial score (nSPS) is 13.5. The minimum Gasteiger partial charge on any atom is -0.497 e. The third-order valence-electron chi connectivity index (χ3n) is 6.00. The van der Waals surface area contributed by atoms with Gasteiger partial charge in [-0.3, -0.25) is 9.20 Å². The molecule has 13 heteroatoms. The molecule has 4 aromatic rings. The highest BCUT2D eigenvalue weighted by molar-refractivity contribution is 6.04. The Kier molecular flexibility index (Phi) is 5.74. The Bertz CT molecular complexity index is 1490.